The summed E-state index contributed by atoms with van der Waals surface area (Å²) in [6, 6.07) is 1.74. The van der Waals surface area contributed by atoms with E-state index in [-0.39, 0.29) is 17.4 Å². The summed E-state index contributed by atoms with van der Waals surface area (Å²) in [5.41, 5.74) is 0.0913. The molecule has 4 atom stereocenters. The van der Waals surface area contributed by atoms with Gasteiger partial charge in [-0.2, -0.15) is 0 Å². The van der Waals surface area contributed by atoms with Crippen molar-refractivity contribution in [2.45, 2.75) is 96.8 Å². The van der Waals surface area contributed by atoms with Crippen LogP contribution in [0.15, 0.2) is 0 Å². The van der Waals surface area contributed by atoms with E-state index in [0.29, 0.717) is 24.5 Å². The van der Waals surface area contributed by atoms with Crippen LogP contribution in [0.1, 0.15) is 72.6 Å². The van der Waals surface area contributed by atoms with Crippen LogP contribution in [0.2, 0.25) is 0 Å². The maximum Gasteiger partial charge on any atom is 0.220 e. The Labute approximate surface area is 136 Å². The lowest BCUT2D eigenvalue weighted by atomic mass is 9.78. The van der Waals surface area contributed by atoms with Gasteiger partial charge in [0.1, 0.15) is 0 Å². The van der Waals surface area contributed by atoms with Crippen LogP contribution in [0.25, 0.3) is 0 Å². The first kappa shape index (κ1) is 17.7. The fourth-order valence-corrected chi connectivity index (χ4v) is 3.96. The lowest BCUT2D eigenvalue weighted by molar-refractivity contribution is -0.125. The third-order valence-electron chi connectivity index (χ3n) is 5.13. The zero-order valence-corrected chi connectivity index (χ0v) is 14.9. The summed E-state index contributed by atoms with van der Waals surface area (Å²) in [6.45, 7) is 10.1. The smallest absolute Gasteiger partial charge is 0.220 e. The summed E-state index contributed by atoms with van der Waals surface area (Å²) < 4.78 is 0. The first-order valence-electron chi connectivity index (χ1n) is 9.15. The van der Waals surface area contributed by atoms with Crippen molar-refractivity contribution in [1.29, 1.82) is 0 Å². The van der Waals surface area contributed by atoms with Gasteiger partial charge in [-0.25, -0.2) is 0 Å². The zero-order chi connectivity index (χ0) is 16.2. The van der Waals surface area contributed by atoms with Gasteiger partial charge in [0, 0.05) is 30.6 Å². The van der Waals surface area contributed by atoms with E-state index in [0.717, 1.165) is 6.42 Å². The van der Waals surface area contributed by atoms with Gasteiger partial charge in [0.2, 0.25) is 5.91 Å². The molecule has 0 aromatic rings. The molecule has 128 valence electrons. The number of rotatable bonds is 4. The standard InChI is InChI=1S/C18H35N3O/c1-13(12-14-8-6-5-7-11-19-14)20-15-9-10-16(22)21-17(15)18(2,3)4/h13-15,17,19-20H,5-12H2,1-4H3,(H,21,22)/t13?,14?,15-,17-/m1/s1. The number of carbonyl (C=O) groups excluding carboxylic acids is 1. The van der Waals surface area contributed by atoms with E-state index in [1.165, 1.54) is 38.6 Å². The molecule has 2 saturated heterocycles. The van der Waals surface area contributed by atoms with Crippen LogP contribution >= 0.6 is 0 Å². The minimum absolute atomic E-state index is 0.0913. The van der Waals surface area contributed by atoms with Gasteiger partial charge in [-0.1, -0.05) is 33.6 Å². The maximum absolute atomic E-state index is 11.8. The van der Waals surface area contributed by atoms with Crippen molar-refractivity contribution in [2.75, 3.05) is 6.54 Å². The minimum Gasteiger partial charge on any atom is -0.351 e. The number of carbonyl (C=O) groups is 1. The first-order chi connectivity index (χ1) is 10.4. The molecule has 4 heteroatoms. The molecule has 0 aliphatic carbocycles. The average molecular weight is 309 g/mol. The Morgan fingerprint density at radius 1 is 1.23 bits per heavy atom. The number of amides is 1. The van der Waals surface area contributed by atoms with Crippen molar-refractivity contribution >= 4 is 5.91 Å². The monoisotopic (exact) mass is 309 g/mol. The van der Waals surface area contributed by atoms with E-state index in [9.17, 15) is 4.79 Å². The summed E-state index contributed by atoms with van der Waals surface area (Å²) in [4.78, 5) is 11.8. The second kappa shape index (κ2) is 7.78. The summed E-state index contributed by atoms with van der Waals surface area (Å²) in [5, 5.41) is 10.7. The van der Waals surface area contributed by atoms with Gasteiger partial charge in [-0.05, 0) is 44.6 Å². The maximum atomic E-state index is 11.8. The topological polar surface area (TPSA) is 53.2 Å². The van der Waals surface area contributed by atoms with Crippen LogP contribution in [0.3, 0.4) is 0 Å². The van der Waals surface area contributed by atoms with Crippen molar-refractivity contribution in [2.24, 2.45) is 5.41 Å². The Balaban J connectivity index is 1.88. The molecule has 2 heterocycles. The van der Waals surface area contributed by atoms with Gasteiger partial charge < -0.3 is 16.0 Å². The van der Waals surface area contributed by atoms with Crippen LogP contribution in [0.5, 0.6) is 0 Å². The van der Waals surface area contributed by atoms with E-state index in [4.69, 9.17) is 0 Å². The van der Waals surface area contributed by atoms with E-state index in [1.54, 1.807) is 0 Å². The highest BCUT2D eigenvalue weighted by Gasteiger charge is 2.37. The molecule has 22 heavy (non-hydrogen) atoms. The Morgan fingerprint density at radius 2 is 2.00 bits per heavy atom. The first-order valence-corrected chi connectivity index (χ1v) is 9.15. The van der Waals surface area contributed by atoms with Crippen molar-refractivity contribution in [3.05, 3.63) is 0 Å². The quantitative estimate of drug-likeness (QED) is 0.748. The number of piperidine rings is 1. The fraction of sp³-hybridized carbons (Fsp3) is 0.944. The van der Waals surface area contributed by atoms with Gasteiger partial charge in [0.05, 0.1) is 0 Å². The molecule has 3 N–H and O–H groups in total. The molecule has 0 aromatic heterocycles. The largest absolute Gasteiger partial charge is 0.351 e. The SMILES string of the molecule is CC(CC1CCCCCN1)N[C@@H]1CCC(=O)N[C@H]1C(C)(C)C. The van der Waals surface area contributed by atoms with E-state index >= 15 is 0 Å². The van der Waals surface area contributed by atoms with Gasteiger partial charge in [0.15, 0.2) is 0 Å². The van der Waals surface area contributed by atoms with Crippen molar-refractivity contribution in [1.82, 2.24) is 16.0 Å². The average Bonchev–Trinajstić information content (AvgIpc) is 2.68. The molecular weight excluding hydrogens is 274 g/mol. The van der Waals surface area contributed by atoms with Crippen LogP contribution < -0.4 is 16.0 Å². The Bertz CT molecular complexity index is 356. The van der Waals surface area contributed by atoms with Crippen LogP contribution in [-0.2, 0) is 4.79 Å². The summed E-state index contributed by atoms with van der Waals surface area (Å²) >= 11 is 0. The summed E-state index contributed by atoms with van der Waals surface area (Å²) in [5.74, 6) is 0.205. The number of hydrogen-bond acceptors (Lipinski definition) is 3. The molecule has 2 rings (SSSR count). The third-order valence-corrected chi connectivity index (χ3v) is 5.13. The number of nitrogens with one attached hydrogen (secondary N) is 3. The summed E-state index contributed by atoms with van der Waals surface area (Å²) in [6.07, 6.45) is 8.13. The molecular formula is C18H35N3O. The molecule has 4 nitrogen and oxygen atoms in total. The van der Waals surface area contributed by atoms with Crippen molar-refractivity contribution in [3.8, 4) is 0 Å². The predicted molar refractivity (Wildman–Crippen MR) is 91.9 cm³/mol. The van der Waals surface area contributed by atoms with Gasteiger partial charge in [0.25, 0.3) is 0 Å². The van der Waals surface area contributed by atoms with Crippen molar-refractivity contribution < 1.29 is 4.79 Å². The molecule has 0 radical (unpaired) electrons. The highest BCUT2D eigenvalue weighted by Crippen LogP contribution is 2.27. The lowest BCUT2D eigenvalue weighted by Crippen LogP contribution is -2.61. The molecule has 0 bridgehead atoms. The Hall–Kier alpha value is -0.610. The zero-order valence-electron chi connectivity index (χ0n) is 14.9. The summed E-state index contributed by atoms with van der Waals surface area (Å²) in [7, 11) is 0. The predicted octanol–water partition coefficient (Wildman–Crippen LogP) is 2.58. The fourth-order valence-electron chi connectivity index (χ4n) is 3.96. The lowest BCUT2D eigenvalue weighted by Gasteiger charge is -2.42. The van der Waals surface area contributed by atoms with E-state index in [1.807, 2.05) is 0 Å². The van der Waals surface area contributed by atoms with Gasteiger partial charge in [-0.3, -0.25) is 4.79 Å². The van der Waals surface area contributed by atoms with Crippen LogP contribution in [0, 0.1) is 5.41 Å². The van der Waals surface area contributed by atoms with Gasteiger partial charge >= 0.3 is 0 Å². The second-order valence-corrected chi connectivity index (χ2v) is 8.36. The molecule has 2 fully saturated rings. The normalized spacial score (nSPS) is 32.2. The molecule has 1 amide bonds. The van der Waals surface area contributed by atoms with Crippen molar-refractivity contribution in [3.63, 3.8) is 0 Å². The van der Waals surface area contributed by atoms with Crippen LogP contribution in [0.4, 0.5) is 0 Å². The molecule has 0 saturated carbocycles. The molecule has 2 unspecified atom stereocenters. The number of hydrogen-bond donors (Lipinski definition) is 3. The molecule has 2 aliphatic rings. The third kappa shape index (κ3) is 5.24. The van der Waals surface area contributed by atoms with E-state index < -0.39 is 0 Å². The Kier molecular flexibility index (Phi) is 6.27. The van der Waals surface area contributed by atoms with Crippen LogP contribution in [-0.4, -0.2) is 36.6 Å². The Morgan fingerprint density at radius 3 is 2.73 bits per heavy atom. The highest BCUT2D eigenvalue weighted by molar-refractivity contribution is 5.77. The van der Waals surface area contributed by atoms with Gasteiger partial charge in [-0.15, -0.1) is 0 Å². The van der Waals surface area contributed by atoms with E-state index in [2.05, 4.69) is 43.6 Å². The molecule has 2 aliphatic heterocycles. The molecule has 0 spiro atoms. The minimum atomic E-state index is 0.0913. The second-order valence-electron chi connectivity index (χ2n) is 8.36. The molecule has 0 aromatic carbocycles. The highest BCUT2D eigenvalue weighted by atomic mass is 16.1.